The highest BCUT2D eigenvalue weighted by atomic mass is 19.1. The fourth-order valence-corrected chi connectivity index (χ4v) is 4.38. The maximum absolute atomic E-state index is 14.7. The molecule has 5 N–H and O–H groups in total. The van der Waals surface area contributed by atoms with Crippen LogP contribution in [0.1, 0.15) is 41.9 Å². The molecule has 2 aromatic heterocycles. The van der Waals surface area contributed by atoms with Crippen molar-refractivity contribution in [2.45, 2.75) is 31.2 Å². The van der Waals surface area contributed by atoms with Gasteiger partial charge in [-0.25, -0.2) is 14.4 Å². The van der Waals surface area contributed by atoms with Gasteiger partial charge in [0.15, 0.2) is 0 Å². The molecule has 3 heterocycles. The van der Waals surface area contributed by atoms with E-state index in [-0.39, 0.29) is 47.1 Å². The van der Waals surface area contributed by atoms with Crippen molar-refractivity contribution in [2.24, 2.45) is 15.9 Å². The molecule has 1 aliphatic heterocycles. The molecule has 0 aliphatic carbocycles. The minimum absolute atomic E-state index is 0.0323. The van der Waals surface area contributed by atoms with Crippen LogP contribution in [0.15, 0.2) is 52.6 Å². The number of hydrazone groups is 1. The Morgan fingerprint density at radius 2 is 1.97 bits per heavy atom. The number of aromatic nitrogens is 3. The van der Waals surface area contributed by atoms with Crippen molar-refractivity contribution in [3.05, 3.63) is 70.9 Å². The number of anilines is 1. The second-order valence-corrected chi connectivity index (χ2v) is 8.74. The third kappa shape index (κ3) is 5.79. The smallest absolute Gasteiger partial charge is 0.304 e. The Bertz CT molecular complexity index is 1440. The van der Waals surface area contributed by atoms with E-state index in [2.05, 4.69) is 20.1 Å². The number of pyridine rings is 1. The quantitative estimate of drug-likeness (QED) is 0.230. The average Bonchev–Trinajstić information content (AvgIpc) is 2.91. The minimum atomic E-state index is -0.886. The second-order valence-electron chi connectivity index (χ2n) is 8.74. The lowest BCUT2D eigenvalue weighted by Crippen LogP contribution is -2.37. The third-order valence-electron chi connectivity index (χ3n) is 6.30. The van der Waals surface area contributed by atoms with Gasteiger partial charge in [-0.15, -0.1) is 0 Å². The highest BCUT2D eigenvalue weighted by molar-refractivity contribution is 6.37. The van der Waals surface area contributed by atoms with E-state index in [1.165, 1.54) is 30.5 Å². The number of hydrogen-bond acceptors (Lipinski definition) is 10. The van der Waals surface area contributed by atoms with Crippen LogP contribution in [0.2, 0.25) is 0 Å². The van der Waals surface area contributed by atoms with Gasteiger partial charge in [-0.1, -0.05) is 12.1 Å². The molecule has 0 bridgehead atoms. The van der Waals surface area contributed by atoms with Gasteiger partial charge in [-0.2, -0.15) is 10.4 Å². The van der Waals surface area contributed by atoms with E-state index < -0.39 is 17.2 Å². The Morgan fingerprint density at radius 3 is 2.68 bits per heavy atom. The Morgan fingerprint density at radius 1 is 1.21 bits per heavy atom. The standard InChI is InChI=1S/C26H25FN8O3/c27-24-16(13-28)3-1-5-18(24)19-11-20(34-25(29)33-19)21(35-30)15-31-14-17-4-2-6-22(32-17)26(12-23(36)37)7-9-38-10-8-26/h1-6,11,15H,7-10,12,14,30H2,(H,36,37)(H2,29,33,34)/b31-15?,35-21+. The maximum atomic E-state index is 14.7. The summed E-state index contributed by atoms with van der Waals surface area (Å²) >= 11 is 0. The van der Waals surface area contributed by atoms with Gasteiger partial charge in [-0.05, 0) is 43.2 Å². The van der Waals surface area contributed by atoms with E-state index in [4.69, 9.17) is 26.6 Å². The first kappa shape index (κ1) is 26.3. The summed E-state index contributed by atoms with van der Waals surface area (Å²) in [5.74, 6) is 3.83. The number of carbonyl (C=O) groups is 1. The minimum Gasteiger partial charge on any atom is -0.481 e. The van der Waals surface area contributed by atoms with Gasteiger partial charge < -0.3 is 21.4 Å². The van der Waals surface area contributed by atoms with E-state index >= 15 is 0 Å². The molecule has 11 nitrogen and oxygen atoms in total. The molecular formula is C26H25FN8O3. The van der Waals surface area contributed by atoms with Crippen molar-refractivity contribution < 1.29 is 19.0 Å². The Hall–Kier alpha value is -4.76. The molecule has 0 saturated carbocycles. The first-order valence-corrected chi connectivity index (χ1v) is 11.7. The largest absolute Gasteiger partial charge is 0.481 e. The summed E-state index contributed by atoms with van der Waals surface area (Å²) in [7, 11) is 0. The molecule has 4 rings (SSSR count). The number of nitrogens with two attached hydrogens (primary N) is 2. The van der Waals surface area contributed by atoms with Crippen LogP contribution < -0.4 is 11.6 Å². The Balaban J connectivity index is 1.57. The Labute approximate surface area is 217 Å². The van der Waals surface area contributed by atoms with Crippen LogP contribution in [-0.2, 0) is 21.5 Å². The number of benzene rings is 1. The van der Waals surface area contributed by atoms with Gasteiger partial charge in [-0.3, -0.25) is 14.8 Å². The van der Waals surface area contributed by atoms with E-state index in [1.807, 2.05) is 12.1 Å². The Kier molecular flexibility index (Phi) is 7.98. The number of nitrogens with zero attached hydrogens (tertiary/aromatic N) is 6. The maximum Gasteiger partial charge on any atom is 0.304 e. The summed E-state index contributed by atoms with van der Waals surface area (Å²) in [5, 5.41) is 22.3. The molecule has 194 valence electrons. The molecule has 0 radical (unpaired) electrons. The number of nitriles is 1. The van der Waals surface area contributed by atoms with Crippen molar-refractivity contribution in [1.29, 1.82) is 5.26 Å². The fraction of sp³-hybridized carbons (Fsp3) is 0.269. The van der Waals surface area contributed by atoms with E-state index in [1.54, 1.807) is 12.1 Å². The van der Waals surface area contributed by atoms with Crippen molar-refractivity contribution in [2.75, 3.05) is 18.9 Å². The highest BCUT2D eigenvalue weighted by Gasteiger charge is 2.38. The SMILES string of the molecule is N#Cc1cccc(-c2cc(/C(C=NCc3cccc(C4(CC(=O)O)CCOCC4)n3)=N/N)nc(N)n2)c1F. The van der Waals surface area contributed by atoms with Crippen LogP contribution in [0, 0.1) is 17.1 Å². The molecule has 1 saturated heterocycles. The van der Waals surface area contributed by atoms with E-state index in [0.29, 0.717) is 37.4 Å². The predicted octanol–water partition coefficient (Wildman–Crippen LogP) is 2.59. The van der Waals surface area contributed by atoms with Gasteiger partial charge in [0.25, 0.3) is 0 Å². The fourth-order valence-electron chi connectivity index (χ4n) is 4.38. The number of nitrogen functional groups attached to an aromatic ring is 1. The number of ether oxygens (including phenoxy) is 1. The zero-order valence-corrected chi connectivity index (χ0v) is 20.3. The van der Waals surface area contributed by atoms with Crippen molar-refractivity contribution in [1.82, 2.24) is 15.0 Å². The number of rotatable bonds is 8. The lowest BCUT2D eigenvalue weighted by Gasteiger charge is -2.35. The first-order valence-electron chi connectivity index (χ1n) is 11.7. The molecule has 12 heteroatoms. The molecule has 0 atom stereocenters. The number of aliphatic imine (C=N–C) groups is 1. The van der Waals surface area contributed by atoms with Crippen molar-refractivity contribution >= 4 is 23.8 Å². The predicted molar refractivity (Wildman–Crippen MR) is 138 cm³/mol. The summed E-state index contributed by atoms with van der Waals surface area (Å²) < 4.78 is 20.2. The van der Waals surface area contributed by atoms with Gasteiger partial charge >= 0.3 is 5.97 Å². The van der Waals surface area contributed by atoms with E-state index in [9.17, 15) is 14.3 Å². The lowest BCUT2D eigenvalue weighted by atomic mass is 9.74. The molecule has 0 amide bonds. The summed E-state index contributed by atoms with van der Waals surface area (Å²) in [4.78, 5) is 28.9. The highest BCUT2D eigenvalue weighted by Crippen LogP contribution is 2.37. The first-order chi connectivity index (χ1) is 18.3. The summed E-state index contributed by atoms with van der Waals surface area (Å²) in [6.07, 6.45) is 2.50. The second kappa shape index (κ2) is 11.5. The molecule has 1 aliphatic rings. The monoisotopic (exact) mass is 516 g/mol. The number of hydrogen-bond donors (Lipinski definition) is 3. The van der Waals surface area contributed by atoms with Crippen LogP contribution in [0.25, 0.3) is 11.3 Å². The third-order valence-corrected chi connectivity index (χ3v) is 6.30. The summed E-state index contributed by atoms with van der Waals surface area (Å²) in [5.41, 5.74) is 7.07. The lowest BCUT2D eigenvalue weighted by molar-refractivity contribution is -0.139. The van der Waals surface area contributed by atoms with Crippen molar-refractivity contribution in [3.8, 4) is 17.3 Å². The molecular weight excluding hydrogens is 491 g/mol. The molecule has 1 fully saturated rings. The van der Waals surface area contributed by atoms with Crippen LogP contribution in [-0.4, -0.2) is 51.2 Å². The molecule has 38 heavy (non-hydrogen) atoms. The zero-order valence-electron chi connectivity index (χ0n) is 20.3. The zero-order chi connectivity index (χ0) is 27.1. The summed E-state index contributed by atoms with van der Waals surface area (Å²) in [6, 6.07) is 13.1. The van der Waals surface area contributed by atoms with Crippen LogP contribution in [0.5, 0.6) is 0 Å². The number of halogens is 1. The van der Waals surface area contributed by atoms with Crippen LogP contribution in [0.4, 0.5) is 10.3 Å². The van der Waals surface area contributed by atoms with Crippen LogP contribution >= 0.6 is 0 Å². The van der Waals surface area contributed by atoms with Crippen LogP contribution in [0.3, 0.4) is 0 Å². The molecule has 3 aromatic rings. The average molecular weight is 517 g/mol. The van der Waals surface area contributed by atoms with E-state index in [0.717, 1.165) is 0 Å². The summed E-state index contributed by atoms with van der Waals surface area (Å²) in [6.45, 7) is 1.11. The van der Waals surface area contributed by atoms with Gasteiger partial charge in [0.05, 0.1) is 41.8 Å². The van der Waals surface area contributed by atoms with Gasteiger partial charge in [0, 0.05) is 29.9 Å². The number of carboxylic acids is 1. The number of aliphatic carboxylic acids is 1. The number of carboxylic acid groups (broad SMARTS) is 1. The van der Waals surface area contributed by atoms with Gasteiger partial charge in [0.2, 0.25) is 5.95 Å². The molecule has 0 unspecified atom stereocenters. The molecule has 0 spiro atoms. The van der Waals surface area contributed by atoms with Crippen molar-refractivity contribution in [3.63, 3.8) is 0 Å². The normalized spacial score (nSPS) is 15.3. The van der Waals surface area contributed by atoms with Gasteiger partial charge in [0.1, 0.15) is 17.6 Å². The topological polar surface area (TPSA) is 186 Å². The molecule has 1 aromatic carbocycles.